The number of aliphatic hydroxyl groups is 5. The minimum Gasteiger partial charge on any atom is -0.454 e. The van der Waals surface area contributed by atoms with Gasteiger partial charge in [0.05, 0.1) is 25.4 Å². The number of nitrogens with one attached hydrogen (secondary N) is 1. The van der Waals surface area contributed by atoms with E-state index in [4.69, 9.17) is 14.2 Å². The summed E-state index contributed by atoms with van der Waals surface area (Å²) in [6.45, 7) is 5.74. The number of ether oxygens (including phenoxy) is 3. The van der Waals surface area contributed by atoms with Crippen molar-refractivity contribution in [1.82, 2.24) is 5.32 Å². The highest BCUT2D eigenvalue weighted by molar-refractivity contribution is 5.80. The van der Waals surface area contributed by atoms with Gasteiger partial charge in [0.1, 0.15) is 24.4 Å². The van der Waals surface area contributed by atoms with Gasteiger partial charge in [-0.2, -0.15) is 0 Å². The van der Waals surface area contributed by atoms with Gasteiger partial charge >= 0.3 is 5.97 Å². The summed E-state index contributed by atoms with van der Waals surface area (Å²) in [6, 6.07) is -1.02. The van der Waals surface area contributed by atoms with Crippen LogP contribution >= 0.6 is 0 Å². The molecular weight excluding hydrogens is 967 g/mol. The minimum absolute atomic E-state index is 0.127. The molecule has 0 aromatic heterocycles. The summed E-state index contributed by atoms with van der Waals surface area (Å²) < 4.78 is 17.6. The van der Waals surface area contributed by atoms with Crippen LogP contribution in [0.4, 0.5) is 0 Å². The van der Waals surface area contributed by atoms with Gasteiger partial charge in [0.15, 0.2) is 12.4 Å². The Bertz CT molecular complexity index is 1390. The molecule has 1 aliphatic heterocycles. The number of rotatable bonds is 56. The van der Waals surface area contributed by atoms with E-state index in [0.717, 1.165) is 70.6 Å². The molecule has 1 rings (SSSR count). The Morgan fingerprint density at radius 2 is 0.870 bits per heavy atom. The third-order valence-corrected chi connectivity index (χ3v) is 15.5. The third-order valence-electron chi connectivity index (χ3n) is 15.5. The lowest BCUT2D eigenvalue weighted by atomic mass is 9.99. The molecule has 452 valence electrons. The van der Waals surface area contributed by atoms with Crippen molar-refractivity contribution in [3.63, 3.8) is 0 Å². The van der Waals surface area contributed by atoms with Crippen molar-refractivity contribution in [2.24, 2.45) is 0 Å². The van der Waals surface area contributed by atoms with Crippen molar-refractivity contribution in [2.75, 3.05) is 13.2 Å². The van der Waals surface area contributed by atoms with Gasteiger partial charge < -0.3 is 45.1 Å². The van der Waals surface area contributed by atoms with Crippen LogP contribution in [0.25, 0.3) is 0 Å². The first-order valence-corrected chi connectivity index (χ1v) is 32.8. The van der Waals surface area contributed by atoms with Crippen molar-refractivity contribution in [1.29, 1.82) is 0 Å². The second kappa shape index (κ2) is 54.5. The lowest BCUT2D eigenvalue weighted by Gasteiger charge is -2.41. The van der Waals surface area contributed by atoms with E-state index in [1.54, 1.807) is 6.08 Å². The fourth-order valence-corrected chi connectivity index (χ4v) is 10.3. The molecule has 0 bridgehead atoms. The monoisotopic (exact) mass is 1090 g/mol. The SMILES string of the molecule is CCCC/C=C\CCCCCCC(O)C(=O)NC(COC1OC(CO)C(O)C(O)C1OC(=O)CCCCCCCCCCCCCCCCCCC/C=C/CCCCCCCC)C(O)/C=C/CCCCCCCCCCC. The molecular formula is C66H123NO10. The molecule has 0 saturated carbocycles. The van der Waals surface area contributed by atoms with Crippen LogP contribution in [-0.4, -0.2) is 99.6 Å². The number of aliphatic hydroxyl groups excluding tert-OH is 5. The number of hydrogen-bond donors (Lipinski definition) is 6. The van der Waals surface area contributed by atoms with Crippen LogP contribution in [0, 0.1) is 0 Å². The Balaban J connectivity index is 2.49. The molecule has 0 aromatic rings. The third kappa shape index (κ3) is 42.4. The van der Waals surface area contributed by atoms with Crippen molar-refractivity contribution < 1.29 is 49.3 Å². The average Bonchev–Trinajstić information content (AvgIpc) is 3.43. The summed E-state index contributed by atoms with van der Waals surface area (Å²) in [6.07, 6.45) is 55.0. The summed E-state index contributed by atoms with van der Waals surface area (Å²) in [5.41, 5.74) is 0. The number of carbonyl (C=O) groups is 2. The fourth-order valence-electron chi connectivity index (χ4n) is 10.3. The Morgan fingerprint density at radius 3 is 1.30 bits per heavy atom. The van der Waals surface area contributed by atoms with E-state index in [1.165, 1.54) is 193 Å². The molecule has 1 amide bonds. The van der Waals surface area contributed by atoms with Gasteiger partial charge in [0.25, 0.3) is 0 Å². The molecule has 8 atom stereocenters. The summed E-state index contributed by atoms with van der Waals surface area (Å²) in [4.78, 5) is 26.5. The Hall–Kier alpha value is -2.12. The quantitative estimate of drug-likeness (QED) is 0.0195. The average molecular weight is 1090 g/mol. The summed E-state index contributed by atoms with van der Waals surface area (Å²) in [5, 5.41) is 56.8. The maximum absolute atomic E-state index is 13.3. The summed E-state index contributed by atoms with van der Waals surface area (Å²) in [7, 11) is 0. The van der Waals surface area contributed by atoms with Gasteiger partial charge in [0.2, 0.25) is 5.91 Å². The second-order valence-electron chi connectivity index (χ2n) is 22.8. The molecule has 8 unspecified atom stereocenters. The molecule has 0 aliphatic carbocycles. The van der Waals surface area contributed by atoms with Gasteiger partial charge in [0, 0.05) is 6.42 Å². The fraction of sp³-hybridized carbons (Fsp3) is 0.879. The number of amides is 1. The molecule has 1 heterocycles. The van der Waals surface area contributed by atoms with E-state index in [-0.39, 0.29) is 19.4 Å². The van der Waals surface area contributed by atoms with Crippen molar-refractivity contribution in [3.05, 3.63) is 36.5 Å². The molecule has 77 heavy (non-hydrogen) atoms. The minimum atomic E-state index is -1.61. The topological polar surface area (TPSA) is 175 Å². The molecule has 1 fully saturated rings. The predicted molar refractivity (Wildman–Crippen MR) is 320 cm³/mol. The number of allylic oxidation sites excluding steroid dienone is 5. The molecule has 0 aromatic carbocycles. The Labute approximate surface area is 473 Å². The van der Waals surface area contributed by atoms with E-state index in [1.807, 2.05) is 6.08 Å². The van der Waals surface area contributed by atoms with Crippen LogP contribution in [0.2, 0.25) is 0 Å². The zero-order valence-corrected chi connectivity index (χ0v) is 50.1. The largest absolute Gasteiger partial charge is 0.454 e. The highest BCUT2D eigenvalue weighted by atomic mass is 16.7. The lowest BCUT2D eigenvalue weighted by molar-refractivity contribution is -0.305. The molecule has 0 spiro atoms. The highest BCUT2D eigenvalue weighted by Crippen LogP contribution is 2.26. The van der Waals surface area contributed by atoms with Gasteiger partial charge in [-0.25, -0.2) is 0 Å². The van der Waals surface area contributed by atoms with E-state index in [0.29, 0.717) is 12.8 Å². The van der Waals surface area contributed by atoms with Crippen molar-refractivity contribution in [3.8, 4) is 0 Å². The molecule has 6 N–H and O–H groups in total. The molecule has 0 radical (unpaired) electrons. The van der Waals surface area contributed by atoms with E-state index >= 15 is 0 Å². The summed E-state index contributed by atoms with van der Waals surface area (Å²) >= 11 is 0. The first-order chi connectivity index (χ1) is 37.7. The highest BCUT2D eigenvalue weighted by Gasteiger charge is 2.47. The number of unbranched alkanes of at least 4 members (excludes halogenated alkanes) is 38. The lowest BCUT2D eigenvalue weighted by Crippen LogP contribution is -2.61. The predicted octanol–water partition coefficient (Wildman–Crippen LogP) is 15.8. The maximum Gasteiger partial charge on any atom is 0.306 e. The van der Waals surface area contributed by atoms with Crippen LogP contribution in [0.5, 0.6) is 0 Å². The first kappa shape index (κ1) is 72.9. The van der Waals surface area contributed by atoms with Crippen molar-refractivity contribution in [2.45, 2.75) is 359 Å². The van der Waals surface area contributed by atoms with E-state index in [2.05, 4.69) is 50.4 Å². The maximum atomic E-state index is 13.3. The number of hydrogen-bond acceptors (Lipinski definition) is 10. The van der Waals surface area contributed by atoms with Crippen molar-refractivity contribution >= 4 is 11.9 Å². The summed E-state index contributed by atoms with van der Waals surface area (Å²) in [5.74, 6) is -1.20. The molecule has 1 saturated heterocycles. The molecule has 1 aliphatic rings. The Kier molecular flexibility index (Phi) is 51.6. The van der Waals surface area contributed by atoms with E-state index < -0.39 is 67.4 Å². The van der Waals surface area contributed by atoms with Gasteiger partial charge in [-0.1, -0.05) is 269 Å². The van der Waals surface area contributed by atoms with Crippen LogP contribution in [0.15, 0.2) is 36.5 Å². The van der Waals surface area contributed by atoms with Crippen LogP contribution in [0.3, 0.4) is 0 Å². The smallest absolute Gasteiger partial charge is 0.306 e. The standard InChI is InChI=1S/C66H123NO10/c1-4-7-10-13-16-19-22-23-24-25-26-27-28-29-30-31-32-33-34-35-36-37-39-42-45-48-51-54-61(71)77-64-63(73)62(72)60(55-68)76-66(64)75-56-57(58(69)52-49-46-43-41-38-20-17-14-11-8-5-2)67-65(74)59(70)53-50-47-44-40-21-18-15-12-9-6-3/h15,18,23-24,49,52,57-60,62-64,66,68-70,72-73H,4-14,16-17,19-22,25-48,50-51,53-56H2,1-3H3,(H,67,74)/b18-15-,24-23+,52-49+. The normalized spacial score (nSPS) is 19.2. The number of esters is 1. The van der Waals surface area contributed by atoms with Crippen LogP contribution in [-0.2, 0) is 23.8 Å². The zero-order valence-electron chi connectivity index (χ0n) is 50.1. The Morgan fingerprint density at radius 1 is 0.494 bits per heavy atom. The van der Waals surface area contributed by atoms with Gasteiger partial charge in [-0.05, 0) is 70.6 Å². The number of carbonyl (C=O) groups excluding carboxylic acids is 2. The van der Waals surface area contributed by atoms with E-state index in [9.17, 15) is 35.1 Å². The van der Waals surface area contributed by atoms with Crippen LogP contribution in [0.1, 0.15) is 310 Å². The molecule has 11 heteroatoms. The van der Waals surface area contributed by atoms with Gasteiger partial charge in [-0.3, -0.25) is 9.59 Å². The second-order valence-corrected chi connectivity index (χ2v) is 22.8. The first-order valence-electron chi connectivity index (χ1n) is 32.8. The van der Waals surface area contributed by atoms with Gasteiger partial charge in [-0.15, -0.1) is 0 Å². The zero-order chi connectivity index (χ0) is 56.1. The van der Waals surface area contributed by atoms with Crippen LogP contribution < -0.4 is 5.32 Å². The molecule has 11 nitrogen and oxygen atoms in total.